The van der Waals surface area contributed by atoms with Gasteiger partial charge in [-0.05, 0) is 44.1 Å². The highest BCUT2D eigenvalue weighted by Crippen LogP contribution is 2.24. The largest absolute Gasteiger partial charge is 0.440 e. The minimum atomic E-state index is 0.100. The van der Waals surface area contributed by atoms with E-state index in [1.807, 2.05) is 32.0 Å². The third kappa shape index (κ3) is 3.08. The number of piperidine rings is 1. The van der Waals surface area contributed by atoms with Gasteiger partial charge in [0.15, 0.2) is 11.5 Å². The van der Waals surface area contributed by atoms with Crippen molar-refractivity contribution >= 4 is 22.7 Å². The summed E-state index contributed by atoms with van der Waals surface area (Å²) in [6, 6.07) is 5.62. The Balaban J connectivity index is 1.75. The van der Waals surface area contributed by atoms with Gasteiger partial charge in [-0.3, -0.25) is 4.79 Å². The van der Waals surface area contributed by atoms with E-state index in [4.69, 9.17) is 4.42 Å². The lowest BCUT2D eigenvalue weighted by Crippen LogP contribution is -2.34. The fourth-order valence-electron chi connectivity index (χ4n) is 2.60. The van der Waals surface area contributed by atoms with Crippen molar-refractivity contribution in [3.05, 3.63) is 24.1 Å². The van der Waals surface area contributed by atoms with Crippen LogP contribution in [0.25, 0.3) is 11.1 Å². The van der Waals surface area contributed by atoms with Gasteiger partial charge in [0.25, 0.3) is 0 Å². The smallest absolute Gasteiger partial charge is 0.227 e. The first-order chi connectivity index (χ1) is 10.1. The Hall–Kier alpha value is -1.88. The molecule has 5 nitrogen and oxygen atoms in total. The maximum atomic E-state index is 12.2. The van der Waals surface area contributed by atoms with Gasteiger partial charge >= 0.3 is 0 Å². The number of amides is 1. The SMILES string of the molecule is CC(C)c1nc2cc(NC(=O)C3CCNCC3)ccc2o1. The van der Waals surface area contributed by atoms with E-state index in [1.54, 1.807) is 0 Å². The van der Waals surface area contributed by atoms with E-state index in [-0.39, 0.29) is 17.7 Å². The summed E-state index contributed by atoms with van der Waals surface area (Å²) in [5.41, 5.74) is 2.34. The van der Waals surface area contributed by atoms with Crippen molar-refractivity contribution in [3.63, 3.8) is 0 Å². The molecule has 2 N–H and O–H groups in total. The monoisotopic (exact) mass is 287 g/mol. The highest BCUT2D eigenvalue weighted by Gasteiger charge is 2.21. The summed E-state index contributed by atoms with van der Waals surface area (Å²) in [4.78, 5) is 16.7. The molecule has 3 rings (SSSR count). The third-order valence-electron chi connectivity index (χ3n) is 3.88. The van der Waals surface area contributed by atoms with Crippen LogP contribution in [0.4, 0.5) is 5.69 Å². The molecular weight excluding hydrogens is 266 g/mol. The zero-order chi connectivity index (χ0) is 14.8. The van der Waals surface area contributed by atoms with Gasteiger partial charge in [-0.1, -0.05) is 13.8 Å². The Morgan fingerprint density at radius 2 is 2.14 bits per heavy atom. The molecule has 0 spiro atoms. The fourth-order valence-corrected chi connectivity index (χ4v) is 2.60. The Morgan fingerprint density at radius 1 is 1.38 bits per heavy atom. The first-order valence-electron chi connectivity index (χ1n) is 7.55. The molecule has 0 bridgehead atoms. The summed E-state index contributed by atoms with van der Waals surface area (Å²) in [5.74, 6) is 1.19. The topological polar surface area (TPSA) is 67.2 Å². The number of benzene rings is 1. The van der Waals surface area contributed by atoms with Crippen molar-refractivity contribution in [2.45, 2.75) is 32.6 Å². The summed E-state index contributed by atoms with van der Waals surface area (Å²) < 4.78 is 5.67. The second-order valence-corrected chi connectivity index (χ2v) is 5.90. The van der Waals surface area contributed by atoms with Crippen LogP contribution >= 0.6 is 0 Å². The lowest BCUT2D eigenvalue weighted by Gasteiger charge is -2.21. The first kappa shape index (κ1) is 14.1. The zero-order valence-electron chi connectivity index (χ0n) is 12.5. The van der Waals surface area contributed by atoms with Crippen LogP contribution < -0.4 is 10.6 Å². The van der Waals surface area contributed by atoms with Crippen molar-refractivity contribution in [1.29, 1.82) is 0 Å². The Morgan fingerprint density at radius 3 is 2.86 bits per heavy atom. The predicted molar refractivity (Wildman–Crippen MR) is 82.3 cm³/mol. The van der Waals surface area contributed by atoms with E-state index in [1.165, 1.54) is 0 Å². The highest BCUT2D eigenvalue weighted by atomic mass is 16.3. The molecule has 1 aromatic carbocycles. The van der Waals surface area contributed by atoms with Gasteiger partial charge in [0.05, 0.1) is 0 Å². The van der Waals surface area contributed by atoms with Gasteiger partial charge in [0.1, 0.15) is 5.52 Å². The quantitative estimate of drug-likeness (QED) is 0.911. The van der Waals surface area contributed by atoms with Crippen molar-refractivity contribution in [2.75, 3.05) is 18.4 Å². The highest BCUT2D eigenvalue weighted by molar-refractivity contribution is 5.94. The average Bonchev–Trinajstić information content (AvgIpc) is 2.91. The second kappa shape index (κ2) is 5.85. The van der Waals surface area contributed by atoms with Gasteiger partial charge in [0.2, 0.25) is 5.91 Å². The average molecular weight is 287 g/mol. The normalized spacial score (nSPS) is 16.5. The van der Waals surface area contributed by atoms with E-state index < -0.39 is 0 Å². The molecule has 1 aromatic heterocycles. The Labute approximate surface area is 124 Å². The summed E-state index contributed by atoms with van der Waals surface area (Å²) >= 11 is 0. The minimum absolute atomic E-state index is 0.100. The number of hydrogen-bond donors (Lipinski definition) is 2. The number of oxazole rings is 1. The predicted octanol–water partition coefficient (Wildman–Crippen LogP) is 2.89. The molecule has 2 heterocycles. The molecule has 0 atom stereocenters. The van der Waals surface area contributed by atoms with Crippen LogP contribution in [0.5, 0.6) is 0 Å². The van der Waals surface area contributed by atoms with Crippen LogP contribution in [-0.2, 0) is 4.79 Å². The van der Waals surface area contributed by atoms with Crippen molar-refractivity contribution < 1.29 is 9.21 Å². The summed E-state index contributed by atoms with van der Waals surface area (Å²) in [6.45, 7) is 5.92. The maximum Gasteiger partial charge on any atom is 0.227 e. The fraction of sp³-hybridized carbons (Fsp3) is 0.500. The van der Waals surface area contributed by atoms with E-state index in [2.05, 4.69) is 15.6 Å². The van der Waals surface area contributed by atoms with Crippen LogP contribution in [0, 0.1) is 5.92 Å². The molecule has 21 heavy (non-hydrogen) atoms. The number of rotatable bonds is 3. The van der Waals surface area contributed by atoms with Crippen LogP contribution in [0.1, 0.15) is 38.5 Å². The lowest BCUT2D eigenvalue weighted by atomic mass is 9.97. The van der Waals surface area contributed by atoms with Gasteiger partial charge < -0.3 is 15.1 Å². The third-order valence-corrected chi connectivity index (χ3v) is 3.88. The second-order valence-electron chi connectivity index (χ2n) is 5.90. The Bertz CT molecular complexity index is 642. The van der Waals surface area contributed by atoms with E-state index >= 15 is 0 Å². The van der Waals surface area contributed by atoms with Crippen molar-refractivity contribution in [3.8, 4) is 0 Å². The van der Waals surface area contributed by atoms with Gasteiger partial charge in [-0.25, -0.2) is 4.98 Å². The van der Waals surface area contributed by atoms with E-state index in [9.17, 15) is 4.79 Å². The summed E-state index contributed by atoms with van der Waals surface area (Å²) in [5, 5.41) is 6.26. The number of hydrogen-bond acceptors (Lipinski definition) is 4. The summed E-state index contributed by atoms with van der Waals surface area (Å²) in [6.07, 6.45) is 1.80. The van der Waals surface area contributed by atoms with E-state index in [0.29, 0.717) is 0 Å². The number of aromatic nitrogens is 1. The molecule has 0 aliphatic carbocycles. The van der Waals surface area contributed by atoms with Crippen LogP contribution in [-0.4, -0.2) is 24.0 Å². The number of carbonyl (C=O) groups is 1. The first-order valence-corrected chi connectivity index (χ1v) is 7.55. The number of anilines is 1. The number of nitrogens with zero attached hydrogens (tertiary/aromatic N) is 1. The molecule has 0 unspecified atom stereocenters. The van der Waals surface area contributed by atoms with E-state index in [0.717, 1.165) is 48.6 Å². The number of fused-ring (bicyclic) bond motifs is 1. The number of nitrogens with one attached hydrogen (secondary N) is 2. The molecule has 1 aliphatic heterocycles. The maximum absolute atomic E-state index is 12.2. The molecule has 1 saturated heterocycles. The lowest BCUT2D eigenvalue weighted by molar-refractivity contribution is -0.120. The molecule has 112 valence electrons. The standard InChI is InChI=1S/C16H21N3O2/c1-10(2)16-19-13-9-12(3-4-14(13)21-16)18-15(20)11-5-7-17-8-6-11/h3-4,9-11,17H,5-8H2,1-2H3,(H,18,20). The molecule has 5 heteroatoms. The molecule has 1 fully saturated rings. The molecule has 0 radical (unpaired) electrons. The molecular formula is C16H21N3O2. The van der Waals surface area contributed by atoms with Gasteiger partial charge in [0, 0.05) is 17.5 Å². The minimum Gasteiger partial charge on any atom is -0.440 e. The van der Waals surface area contributed by atoms with Crippen LogP contribution in [0.15, 0.2) is 22.6 Å². The van der Waals surface area contributed by atoms with Gasteiger partial charge in [-0.15, -0.1) is 0 Å². The van der Waals surface area contributed by atoms with Gasteiger partial charge in [-0.2, -0.15) is 0 Å². The Kier molecular flexibility index (Phi) is 3.92. The van der Waals surface area contributed by atoms with Crippen molar-refractivity contribution in [2.24, 2.45) is 5.92 Å². The van der Waals surface area contributed by atoms with Crippen molar-refractivity contribution in [1.82, 2.24) is 10.3 Å². The van der Waals surface area contributed by atoms with Crippen LogP contribution in [0.3, 0.4) is 0 Å². The van der Waals surface area contributed by atoms with Crippen LogP contribution in [0.2, 0.25) is 0 Å². The number of carbonyl (C=O) groups excluding carboxylic acids is 1. The summed E-state index contributed by atoms with van der Waals surface area (Å²) in [7, 11) is 0. The zero-order valence-corrected chi connectivity index (χ0v) is 12.5. The molecule has 2 aromatic rings. The molecule has 0 saturated carbocycles. The molecule has 1 amide bonds. The molecule has 1 aliphatic rings.